The number of nitrogens with zero attached hydrogens (tertiary/aromatic N) is 2. The van der Waals surface area contributed by atoms with Gasteiger partial charge in [0.2, 0.25) is 5.95 Å². The molecule has 1 aromatic heterocycles. The van der Waals surface area contributed by atoms with Gasteiger partial charge in [-0.2, -0.15) is 4.98 Å². The van der Waals surface area contributed by atoms with Gasteiger partial charge < -0.3 is 15.4 Å². The quantitative estimate of drug-likeness (QED) is 0.750. The third-order valence-corrected chi connectivity index (χ3v) is 2.59. The third kappa shape index (κ3) is 4.87. The van der Waals surface area contributed by atoms with E-state index in [0.29, 0.717) is 31.3 Å². The predicted molar refractivity (Wildman–Crippen MR) is 73.6 cm³/mol. The van der Waals surface area contributed by atoms with Crippen LogP contribution in [0.1, 0.15) is 20.3 Å². The van der Waals surface area contributed by atoms with Crippen LogP contribution in [0.15, 0.2) is 10.7 Å². The summed E-state index contributed by atoms with van der Waals surface area (Å²) in [5, 5.41) is 6.08. The Labute approximate surface area is 115 Å². The summed E-state index contributed by atoms with van der Waals surface area (Å²) in [6.45, 7) is 5.39. The topological polar surface area (TPSA) is 76.1 Å². The van der Waals surface area contributed by atoms with Crippen LogP contribution in [0.3, 0.4) is 0 Å². The maximum absolute atomic E-state index is 11.2. The van der Waals surface area contributed by atoms with Crippen molar-refractivity contribution >= 4 is 33.7 Å². The monoisotopic (exact) mass is 316 g/mol. The Kier molecular flexibility index (Phi) is 6.42. The Morgan fingerprint density at radius 3 is 2.89 bits per heavy atom. The smallest absolute Gasteiger partial charge is 0.307 e. The van der Waals surface area contributed by atoms with Crippen molar-refractivity contribution in [3.8, 4) is 0 Å². The van der Waals surface area contributed by atoms with Crippen molar-refractivity contribution in [2.75, 3.05) is 30.3 Å². The van der Waals surface area contributed by atoms with E-state index in [2.05, 4.69) is 36.5 Å². The van der Waals surface area contributed by atoms with Gasteiger partial charge in [0.25, 0.3) is 0 Å². The van der Waals surface area contributed by atoms with Gasteiger partial charge in [0.05, 0.1) is 17.5 Å². The van der Waals surface area contributed by atoms with Crippen LogP contribution in [0.4, 0.5) is 11.8 Å². The average Bonchev–Trinajstić information content (AvgIpc) is 2.34. The highest BCUT2D eigenvalue weighted by molar-refractivity contribution is 9.10. The van der Waals surface area contributed by atoms with Gasteiger partial charge >= 0.3 is 5.97 Å². The van der Waals surface area contributed by atoms with Crippen molar-refractivity contribution in [3.63, 3.8) is 0 Å². The first-order chi connectivity index (χ1) is 8.67. The second-order valence-corrected chi connectivity index (χ2v) is 4.26. The van der Waals surface area contributed by atoms with E-state index < -0.39 is 0 Å². The Morgan fingerprint density at radius 2 is 2.22 bits per heavy atom. The first-order valence-electron chi connectivity index (χ1n) is 5.83. The lowest BCUT2D eigenvalue weighted by atomic mass is 10.4. The first-order valence-corrected chi connectivity index (χ1v) is 6.62. The van der Waals surface area contributed by atoms with Crippen LogP contribution in [0, 0.1) is 0 Å². The number of halogens is 1. The van der Waals surface area contributed by atoms with E-state index in [-0.39, 0.29) is 5.97 Å². The van der Waals surface area contributed by atoms with Crippen LogP contribution in [0.25, 0.3) is 0 Å². The number of hydrogen-bond donors (Lipinski definition) is 2. The summed E-state index contributed by atoms with van der Waals surface area (Å²) in [6, 6.07) is 0. The molecular weight excluding hydrogens is 300 g/mol. The zero-order valence-corrected chi connectivity index (χ0v) is 12.1. The highest BCUT2D eigenvalue weighted by atomic mass is 79.9. The van der Waals surface area contributed by atoms with Crippen molar-refractivity contribution in [3.05, 3.63) is 10.7 Å². The fraction of sp³-hybridized carbons (Fsp3) is 0.545. The van der Waals surface area contributed by atoms with Crippen molar-refractivity contribution in [1.82, 2.24) is 9.97 Å². The molecule has 0 aliphatic carbocycles. The molecule has 0 unspecified atom stereocenters. The van der Waals surface area contributed by atoms with E-state index in [0.717, 1.165) is 11.0 Å². The van der Waals surface area contributed by atoms with Gasteiger partial charge in [0, 0.05) is 19.3 Å². The number of nitrogens with one attached hydrogen (secondary N) is 2. The molecule has 1 heterocycles. The molecule has 0 spiro atoms. The van der Waals surface area contributed by atoms with Crippen molar-refractivity contribution in [2.45, 2.75) is 20.3 Å². The van der Waals surface area contributed by atoms with Crippen LogP contribution in [0.5, 0.6) is 0 Å². The standard InChI is InChI=1S/C11H17BrN4O2/c1-3-13-11-15-7-8(12)10(16-11)14-6-5-9(17)18-4-2/h7H,3-6H2,1-2H3,(H2,13,14,15,16). The van der Waals surface area contributed by atoms with Gasteiger partial charge in [-0.15, -0.1) is 0 Å². The minimum atomic E-state index is -0.220. The molecule has 2 N–H and O–H groups in total. The molecule has 7 heteroatoms. The number of anilines is 2. The summed E-state index contributed by atoms with van der Waals surface area (Å²) in [7, 11) is 0. The summed E-state index contributed by atoms with van der Waals surface area (Å²) in [4.78, 5) is 19.5. The van der Waals surface area contributed by atoms with Gasteiger partial charge in [-0.3, -0.25) is 4.79 Å². The Hall–Kier alpha value is -1.37. The van der Waals surface area contributed by atoms with Crippen molar-refractivity contribution in [2.24, 2.45) is 0 Å². The second kappa shape index (κ2) is 7.86. The predicted octanol–water partition coefficient (Wildman–Crippen LogP) is 2.04. The lowest BCUT2D eigenvalue weighted by Crippen LogP contribution is -2.13. The molecule has 18 heavy (non-hydrogen) atoms. The summed E-state index contributed by atoms with van der Waals surface area (Å²) >= 11 is 3.35. The van der Waals surface area contributed by atoms with Crippen LogP contribution >= 0.6 is 15.9 Å². The second-order valence-electron chi connectivity index (χ2n) is 3.40. The summed E-state index contributed by atoms with van der Waals surface area (Å²) in [5.41, 5.74) is 0. The molecule has 6 nitrogen and oxygen atoms in total. The number of esters is 1. The molecule has 0 atom stereocenters. The van der Waals surface area contributed by atoms with Gasteiger partial charge in [-0.05, 0) is 29.8 Å². The maximum Gasteiger partial charge on any atom is 0.307 e. The first kappa shape index (κ1) is 14.7. The van der Waals surface area contributed by atoms with Gasteiger partial charge in [0.1, 0.15) is 5.82 Å². The number of ether oxygens (including phenoxy) is 1. The van der Waals surface area contributed by atoms with Crippen molar-refractivity contribution in [1.29, 1.82) is 0 Å². The number of carbonyl (C=O) groups excluding carboxylic acids is 1. The molecule has 1 rings (SSSR count). The largest absolute Gasteiger partial charge is 0.466 e. The highest BCUT2D eigenvalue weighted by Gasteiger charge is 2.06. The van der Waals surface area contributed by atoms with E-state index in [4.69, 9.17) is 4.74 Å². The SMILES string of the molecule is CCNc1ncc(Br)c(NCCC(=O)OCC)n1. The number of carbonyl (C=O) groups is 1. The van der Waals surface area contributed by atoms with E-state index in [1.807, 2.05) is 6.92 Å². The fourth-order valence-corrected chi connectivity index (χ4v) is 1.58. The Balaban J connectivity index is 2.50. The molecule has 1 aromatic rings. The number of hydrogen-bond acceptors (Lipinski definition) is 6. The summed E-state index contributed by atoms with van der Waals surface area (Å²) < 4.78 is 5.59. The molecule has 0 saturated carbocycles. The fourth-order valence-electron chi connectivity index (χ4n) is 1.25. The van der Waals surface area contributed by atoms with Crippen LogP contribution in [-0.4, -0.2) is 35.6 Å². The molecule has 0 aliphatic heterocycles. The van der Waals surface area contributed by atoms with E-state index in [1.165, 1.54) is 0 Å². The Bertz CT molecular complexity index is 401. The minimum Gasteiger partial charge on any atom is -0.466 e. The molecular formula is C11H17BrN4O2. The van der Waals surface area contributed by atoms with Crippen LogP contribution in [-0.2, 0) is 9.53 Å². The van der Waals surface area contributed by atoms with E-state index in [9.17, 15) is 4.79 Å². The number of aromatic nitrogens is 2. The number of rotatable bonds is 7. The summed E-state index contributed by atoms with van der Waals surface area (Å²) in [5.74, 6) is 0.992. The van der Waals surface area contributed by atoms with Crippen LogP contribution in [0.2, 0.25) is 0 Å². The van der Waals surface area contributed by atoms with E-state index >= 15 is 0 Å². The summed E-state index contributed by atoms with van der Waals surface area (Å²) in [6.07, 6.45) is 1.97. The maximum atomic E-state index is 11.2. The molecule has 0 amide bonds. The normalized spacial score (nSPS) is 9.94. The van der Waals surface area contributed by atoms with Gasteiger partial charge in [-0.1, -0.05) is 0 Å². The third-order valence-electron chi connectivity index (χ3n) is 2.01. The molecule has 0 bridgehead atoms. The lowest BCUT2D eigenvalue weighted by molar-refractivity contribution is -0.142. The molecule has 0 radical (unpaired) electrons. The minimum absolute atomic E-state index is 0.220. The highest BCUT2D eigenvalue weighted by Crippen LogP contribution is 2.19. The molecule has 0 fully saturated rings. The molecule has 100 valence electrons. The molecule has 0 saturated heterocycles. The van der Waals surface area contributed by atoms with Gasteiger partial charge in [0.15, 0.2) is 0 Å². The average molecular weight is 317 g/mol. The zero-order chi connectivity index (χ0) is 13.4. The zero-order valence-electron chi connectivity index (χ0n) is 10.5. The molecule has 0 aromatic carbocycles. The van der Waals surface area contributed by atoms with Gasteiger partial charge in [-0.25, -0.2) is 4.98 Å². The lowest BCUT2D eigenvalue weighted by Gasteiger charge is -2.09. The van der Waals surface area contributed by atoms with E-state index in [1.54, 1.807) is 13.1 Å². The Morgan fingerprint density at radius 1 is 1.44 bits per heavy atom. The van der Waals surface area contributed by atoms with Crippen LogP contribution < -0.4 is 10.6 Å². The van der Waals surface area contributed by atoms with Crippen molar-refractivity contribution < 1.29 is 9.53 Å². The molecule has 0 aliphatic rings.